The molecule has 1 atom stereocenters. The second kappa shape index (κ2) is 6.72. The van der Waals surface area contributed by atoms with Gasteiger partial charge in [-0.25, -0.2) is 4.98 Å². The molecule has 0 amide bonds. The highest BCUT2D eigenvalue weighted by Gasteiger charge is 2.12. The molecule has 20 heavy (non-hydrogen) atoms. The number of hydrogen-bond acceptors (Lipinski definition) is 4. The maximum Gasteiger partial charge on any atom is 0.213 e. The van der Waals surface area contributed by atoms with Crippen molar-refractivity contribution in [3.8, 4) is 11.6 Å². The molecule has 1 N–H and O–H groups in total. The molecule has 1 unspecified atom stereocenters. The summed E-state index contributed by atoms with van der Waals surface area (Å²) in [7, 11) is 3.17. The van der Waals surface area contributed by atoms with Gasteiger partial charge in [-0.05, 0) is 39.7 Å². The molecule has 0 fully saturated rings. The molecule has 4 nitrogen and oxygen atoms in total. The van der Waals surface area contributed by atoms with Gasteiger partial charge in [-0.1, -0.05) is 12.1 Å². The highest BCUT2D eigenvalue weighted by atomic mass is 79.9. The molecule has 2 aromatic rings. The summed E-state index contributed by atoms with van der Waals surface area (Å²) in [5.41, 5.74) is 1.59. The van der Waals surface area contributed by atoms with Crippen LogP contribution in [0.5, 0.6) is 11.6 Å². The predicted molar refractivity (Wildman–Crippen MR) is 80.1 cm³/mol. The molecule has 0 aliphatic rings. The lowest BCUT2D eigenvalue weighted by atomic mass is 10.1. The molecular formula is C15H16BrNO3. The van der Waals surface area contributed by atoms with E-state index in [1.54, 1.807) is 26.4 Å². The van der Waals surface area contributed by atoms with Crippen LogP contribution >= 0.6 is 15.9 Å². The summed E-state index contributed by atoms with van der Waals surface area (Å²) in [6.07, 6.45) is -0.201. The summed E-state index contributed by atoms with van der Waals surface area (Å²) < 4.78 is 11.1. The Morgan fingerprint density at radius 3 is 2.65 bits per heavy atom. The van der Waals surface area contributed by atoms with Crippen molar-refractivity contribution in [2.75, 3.05) is 14.2 Å². The van der Waals surface area contributed by atoms with Crippen LogP contribution in [0, 0.1) is 0 Å². The van der Waals surface area contributed by atoms with Gasteiger partial charge in [0, 0.05) is 12.5 Å². The van der Waals surface area contributed by atoms with E-state index in [9.17, 15) is 5.11 Å². The molecule has 1 heterocycles. The Kier molecular flexibility index (Phi) is 4.98. The number of rotatable bonds is 5. The summed E-state index contributed by atoms with van der Waals surface area (Å²) in [4.78, 5) is 4.23. The molecule has 0 radical (unpaired) electrons. The van der Waals surface area contributed by atoms with Gasteiger partial charge in [0.2, 0.25) is 5.88 Å². The molecule has 0 bridgehead atoms. The van der Waals surface area contributed by atoms with Gasteiger partial charge in [-0.15, -0.1) is 0 Å². The highest BCUT2D eigenvalue weighted by molar-refractivity contribution is 9.10. The lowest BCUT2D eigenvalue weighted by Crippen LogP contribution is -2.05. The Morgan fingerprint density at radius 2 is 2.00 bits per heavy atom. The molecule has 1 aromatic heterocycles. The van der Waals surface area contributed by atoms with E-state index >= 15 is 0 Å². The van der Waals surface area contributed by atoms with E-state index in [0.29, 0.717) is 18.0 Å². The van der Waals surface area contributed by atoms with E-state index in [0.717, 1.165) is 15.8 Å². The SMILES string of the molecule is COc1cccc(C(O)Cc2ccc(OC)c(Br)c2)n1. The van der Waals surface area contributed by atoms with Crippen LogP contribution in [0.3, 0.4) is 0 Å². The van der Waals surface area contributed by atoms with E-state index in [2.05, 4.69) is 20.9 Å². The van der Waals surface area contributed by atoms with Crippen molar-refractivity contribution >= 4 is 15.9 Å². The van der Waals surface area contributed by atoms with Gasteiger partial charge < -0.3 is 14.6 Å². The maximum absolute atomic E-state index is 10.2. The second-order valence-corrected chi connectivity index (χ2v) is 5.15. The molecule has 2 rings (SSSR count). The zero-order valence-electron chi connectivity index (χ0n) is 11.3. The molecular weight excluding hydrogens is 322 g/mol. The number of ether oxygens (including phenoxy) is 2. The third-order valence-electron chi connectivity index (χ3n) is 2.94. The van der Waals surface area contributed by atoms with Crippen LogP contribution < -0.4 is 9.47 Å². The second-order valence-electron chi connectivity index (χ2n) is 4.29. The van der Waals surface area contributed by atoms with Crippen LogP contribution in [-0.2, 0) is 6.42 Å². The van der Waals surface area contributed by atoms with Crippen molar-refractivity contribution in [2.24, 2.45) is 0 Å². The van der Waals surface area contributed by atoms with Gasteiger partial charge in [0.25, 0.3) is 0 Å². The van der Waals surface area contributed by atoms with Crippen LogP contribution in [0.25, 0.3) is 0 Å². The van der Waals surface area contributed by atoms with Crippen molar-refractivity contribution in [3.05, 3.63) is 52.1 Å². The first-order valence-electron chi connectivity index (χ1n) is 6.15. The van der Waals surface area contributed by atoms with Crippen molar-refractivity contribution in [1.29, 1.82) is 0 Å². The standard InChI is InChI=1S/C15H16BrNO3/c1-19-14-7-6-10(8-11(14)16)9-13(18)12-4-3-5-15(17-12)20-2/h3-8,13,18H,9H2,1-2H3. The Bertz CT molecular complexity index is 589. The van der Waals surface area contributed by atoms with E-state index in [-0.39, 0.29) is 0 Å². The van der Waals surface area contributed by atoms with Crippen molar-refractivity contribution in [1.82, 2.24) is 4.98 Å². The van der Waals surface area contributed by atoms with E-state index in [4.69, 9.17) is 9.47 Å². The van der Waals surface area contributed by atoms with Crippen molar-refractivity contribution in [3.63, 3.8) is 0 Å². The number of hydrogen-bond donors (Lipinski definition) is 1. The molecule has 106 valence electrons. The first kappa shape index (κ1) is 14.8. The third kappa shape index (κ3) is 3.49. The Balaban J connectivity index is 2.14. The van der Waals surface area contributed by atoms with Crippen LogP contribution in [-0.4, -0.2) is 24.3 Å². The summed E-state index contributed by atoms with van der Waals surface area (Å²) in [5, 5.41) is 10.2. The number of methoxy groups -OCH3 is 2. The van der Waals surface area contributed by atoms with Gasteiger partial charge >= 0.3 is 0 Å². The number of pyridine rings is 1. The summed E-state index contributed by atoms with van der Waals surface area (Å²) >= 11 is 3.43. The predicted octanol–water partition coefficient (Wildman–Crippen LogP) is 3.14. The molecule has 0 aliphatic heterocycles. The minimum atomic E-state index is -0.676. The Labute approximate surface area is 126 Å². The molecule has 0 spiro atoms. The number of aliphatic hydroxyl groups excluding tert-OH is 1. The molecule has 0 aliphatic carbocycles. The van der Waals surface area contributed by atoms with Gasteiger partial charge in [0.05, 0.1) is 24.4 Å². The maximum atomic E-state index is 10.2. The molecule has 0 saturated heterocycles. The molecule has 5 heteroatoms. The quantitative estimate of drug-likeness (QED) is 0.910. The van der Waals surface area contributed by atoms with Crippen molar-refractivity contribution < 1.29 is 14.6 Å². The fourth-order valence-corrected chi connectivity index (χ4v) is 2.48. The number of nitrogens with zero attached hydrogens (tertiary/aromatic N) is 1. The van der Waals surface area contributed by atoms with Gasteiger partial charge in [-0.3, -0.25) is 0 Å². The minimum Gasteiger partial charge on any atom is -0.496 e. The highest BCUT2D eigenvalue weighted by Crippen LogP contribution is 2.27. The van der Waals surface area contributed by atoms with E-state index < -0.39 is 6.10 Å². The fourth-order valence-electron chi connectivity index (χ4n) is 1.89. The zero-order chi connectivity index (χ0) is 14.5. The Hall–Kier alpha value is -1.59. The summed E-state index contributed by atoms with van der Waals surface area (Å²) in [5.74, 6) is 1.26. The third-order valence-corrected chi connectivity index (χ3v) is 3.56. The number of benzene rings is 1. The molecule has 0 saturated carbocycles. The largest absolute Gasteiger partial charge is 0.496 e. The average molecular weight is 338 g/mol. The summed E-state index contributed by atoms with van der Waals surface area (Å²) in [6.45, 7) is 0. The first-order valence-corrected chi connectivity index (χ1v) is 6.94. The van der Waals surface area contributed by atoms with E-state index in [1.807, 2.05) is 24.3 Å². The topological polar surface area (TPSA) is 51.6 Å². The van der Waals surface area contributed by atoms with Crippen LogP contribution in [0.4, 0.5) is 0 Å². The van der Waals surface area contributed by atoms with E-state index in [1.165, 1.54) is 0 Å². The lowest BCUT2D eigenvalue weighted by Gasteiger charge is -2.12. The first-order chi connectivity index (χ1) is 9.63. The van der Waals surface area contributed by atoms with Crippen LogP contribution in [0.1, 0.15) is 17.4 Å². The minimum absolute atomic E-state index is 0.475. The summed E-state index contributed by atoms with van der Waals surface area (Å²) in [6, 6.07) is 11.1. The fraction of sp³-hybridized carbons (Fsp3) is 0.267. The zero-order valence-corrected chi connectivity index (χ0v) is 12.9. The number of aliphatic hydroxyl groups is 1. The van der Waals surface area contributed by atoms with Gasteiger partial charge in [0.1, 0.15) is 11.9 Å². The molecule has 1 aromatic carbocycles. The van der Waals surface area contributed by atoms with Crippen molar-refractivity contribution in [2.45, 2.75) is 12.5 Å². The number of aromatic nitrogens is 1. The van der Waals surface area contributed by atoms with Gasteiger partial charge in [0.15, 0.2) is 0 Å². The average Bonchev–Trinajstić information content (AvgIpc) is 2.47. The Morgan fingerprint density at radius 1 is 1.20 bits per heavy atom. The van der Waals surface area contributed by atoms with Gasteiger partial charge in [-0.2, -0.15) is 0 Å². The lowest BCUT2D eigenvalue weighted by molar-refractivity contribution is 0.172. The monoisotopic (exact) mass is 337 g/mol. The number of halogens is 1. The van der Waals surface area contributed by atoms with Crippen LogP contribution in [0.15, 0.2) is 40.9 Å². The smallest absolute Gasteiger partial charge is 0.213 e. The van der Waals surface area contributed by atoms with Crippen LogP contribution in [0.2, 0.25) is 0 Å². The normalized spacial score (nSPS) is 12.0.